The minimum absolute atomic E-state index is 0.140. The second kappa shape index (κ2) is 7.19. The number of likely N-dealkylation sites (N-methyl/N-ethyl adjacent to an activating group) is 1. The molecule has 0 heterocycles. The van der Waals surface area contributed by atoms with E-state index >= 15 is 0 Å². The van der Waals surface area contributed by atoms with Crippen molar-refractivity contribution in [3.8, 4) is 6.07 Å². The molecule has 2 aliphatic carbocycles. The Morgan fingerprint density at radius 1 is 1.25 bits per heavy atom. The fourth-order valence-electron chi connectivity index (χ4n) is 3.85. The van der Waals surface area contributed by atoms with E-state index in [0.29, 0.717) is 23.9 Å². The molecular formula is C20H25N3O. The van der Waals surface area contributed by atoms with Crippen molar-refractivity contribution in [3.05, 3.63) is 47.5 Å². The number of allylic oxidation sites excluding steroid dienone is 2. The van der Waals surface area contributed by atoms with Crippen molar-refractivity contribution >= 4 is 5.91 Å². The quantitative estimate of drug-likeness (QED) is 0.756. The van der Waals surface area contributed by atoms with E-state index in [1.165, 1.54) is 0 Å². The molecule has 4 nitrogen and oxygen atoms in total. The fourth-order valence-corrected chi connectivity index (χ4v) is 3.85. The minimum atomic E-state index is 0.140. The molecule has 1 saturated carbocycles. The van der Waals surface area contributed by atoms with Crippen LogP contribution in [0.4, 0.5) is 0 Å². The molecule has 2 aliphatic rings. The first-order chi connectivity index (χ1) is 11.6. The van der Waals surface area contributed by atoms with Gasteiger partial charge in [0.1, 0.15) is 0 Å². The van der Waals surface area contributed by atoms with E-state index in [1.807, 2.05) is 37.2 Å². The maximum atomic E-state index is 13.1. The van der Waals surface area contributed by atoms with Gasteiger partial charge in [0, 0.05) is 25.6 Å². The maximum Gasteiger partial charge on any atom is 0.226 e. The average molecular weight is 323 g/mol. The van der Waals surface area contributed by atoms with E-state index in [-0.39, 0.29) is 11.8 Å². The summed E-state index contributed by atoms with van der Waals surface area (Å²) in [6, 6.07) is 9.75. The maximum absolute atomic E-state index is 13.1. The Balaban J connectivity index is 1.74. The first-order valence-electron chi connectivity index (χ1n) is 8.67. The van der Waals surface area contributed by atoms with Gasteiger partial charge in [0.05, 0.1) is 11.6 Å². The largest absolute Gasteiger partial charge is 0.337 e. The summed E-state index contributed by atoms with van der Waals surface area (Å²) in [6.45, 7) is 2.15. The second-order valence-corrected chi connectivity index (χ2v) is 7.26. The minimum Gasteiger partial charge on any atom is -0.337 e. The molecule has 0 aromatic heterocycles. The predicted molar refractivity (Wildman–Crippen MR) is 94.0 cm³/mol. The third kappa shape index (κ3) is 3.68. The topological polar surface area (TPSA) is 47.3 Å². The number of rotatable bonds is 6. The molecule has 1 amide bonds. The van der Waals surface area contributed by atoms with Crippen molar-refractivity contribution in [2.45, 2.75) is 19.4 Å². The lowest BCUT2D eigenvalue weighted by molar-refractivity contribution is -0.137. The van der Waals surface area contributed by atoms with E-state index < -0.39 is 0 Å². The van der Waals surface area contributed by atoms with Crippen molar-refractivity contribution in [1.29, 1.82) is 5.26 Å². The molecule has 0 unspecified atom stereocenters. The molecule has 3 rings (SSSR count). The number of hydrogen-bond donors (Lipinski definition) is 0. The molecule has 2 bridgehead atoms. The summed E-state index contributed by atoms with van der Waals surface area (Å²) in [5.74, 6) is 1.44. The Bertz CT molecular complexity index is 674. The van der Waals surface area contributed by atoms with Crippen LogP contribution in [0, 0.1) is 29.1 Å². The van der Waals surface area contributed by atoms with E-state index in [2.05, 4.69) is 23.1 Å². The molecule has 1 aromatic carbocycles. The number of nitriles is 1. The van der Waals surface area contributed by atoms with Gasteiger partial charge in [-0.1, -0.05) is 24.3 Å². The monoisotopic (exact) mass is 323 g/mol. The van der Waals surface area contributed by atoms with Gasteiger partial charge in [0.2, 0.25) is 5.91 Å². The zero-order valence-electron chi connectivity index (χ0n) is 14.5. The van der Waals surface area contributed by atoms with E-state index in [4.69, 9.17) is 5.26 Å². The van der Waals surface area contributed by atoms with E-state index in [1.54, 1.807) is 6.07 Å². The van der Waals surface area contributed by atoms with Gasteiger partial charge >= 0.3 is 0 Å². The molecule has 0 radical (unpaired) electrons. The van der Waals surface area contributed by atoms with Crippen molar-refractivity contribution in [3.63, 3.8) is 0 Å². The molecule has 0 N–H and O–H groups in total. The first-order valence-corrected chi connectivity index (χ1v) is 8.67. The highest BCUT2D eigenvalue weighted by atomic mass is 16.2. The number of benzene rings is 1. The molecule has 0 aliphatic heterocycles. The number of amides is 1. The Morgan fingerprint density at radius 2 is 2.08 bits per heavy atom. The van der Waals surface area contributed by atoms with Crippen LogP contribution in [0.5, 0.6) is 0 Å². The van der Waals surface area contributed by atoms with Gasteiger partial charge in [-0.2, -0.15) is 5.26 Å². The number of carbonyl (C=O) groups excluding carboxylic acids is 1. The summed E-state index contributed by atoms with van der Waals surface area (Å²) in [6.07, 6.45) is 6.64. The molecule has 1 aromatic rings. The number of carbonyl (C=O) groups is 1. The zero-order valence-corrected chi connectivity index (χ0v) is 14.5. The highest BCUT2D eigenvalue weighted by Crippen LogP contribution is 2.44. The summed E-state index contributed by atoms with van der Waals surface area (Å²) in [4.78, 5) is 17.2. The smallest absolute Gasteiger partial charge is 0.226 e. The number of fused-ring (bicyclic) bond motifs is 2. The summed E-state index contributed by atoms with van der Waals surface area (Å²) in [5.41, 5.74) is 1.68. The Kier molecular flexibility index (Phi) is 5.01. The van der Waals surface area contributed by atoms with Crippen LogP contribution in [-0.4, -0.2) is 42.9 Å². The lowest BCUT2D eigenvalue weighted by Crippen LogP contribution is -2.40. The summed E-state index contributed by atoms with van der Waals surface area (Å²) in [5, 5.41) is 9.08. The predicted octanol–water partition coefficient (Wildman–Crippen LogP) is 2.66. The van der Waals surface area contributed by atoms with Crippen LogP contribution in [0.15, 0.2) is 36.4 Å². The van der Waals surface area contributed by atoms with Crippen LogP contribution in [0.1, 0.15) is 24.0 Å². The van der Waals surface area contributed by atoms with Crippen LogP contribution >= 0.6 is 0 Å². The molecule has 1 fully saturated rings. The van der Waals surface area contributed by atoms with Gasteiger partial charge in [-0.25, -0.2) is 0 Å². The Labute approximate surface area is 144 Å². The summed E-state index contributed by atoms with van der Waals surface area (Å²) >= 11 is 0. The SMILES string of the molecule is CN(C)CCN(Cc1cccc(C#N)c1)C(=O)[C@@H]1C[C@H]2C=C[C@H]1C2. The van der Waals surface area contributed by atoms with Crippen LogP contribution in [0.25, 0.3) is 0 Å². The molecule has 3 atom stereocenters. The summed E-state index contributed by atoms with van der Waals surface area (Å²) < 4.78 is 0. The van der Waals surface area contributed by atoms with Gasteiger partial charge in [-0.3, -0.25) is 4.79 Å². The van der Waals surface area contributed by atoms with Gasteiger partial charge in [-0.05, 0) is 56.5 Å². The third-order valence-electron chi connectivity index (χ3n) is 5.15. The van der Waals surface area contributed by atoms with Gasteiger partial charge in [0.15, 0.2) is 0 Å². The molecule has 126 valence electrons. The lowest BCUT2D eigenvalue weighted by atomic mass is 9.92. The lowest BCUT2D eigenvalue weighted by Gasteiger charge is -2.29. The van der Waals surface area contributed by atoms with Crippen LogP contribution < -0.4 is 0 Å². The van der Waals surface area contributed by atoms with Crippen molar-refractivity contribution in [2.75, 3.05) is 27.2 Å². The van der Waals surface area contributed by atoms with Gasteiger partial charge in [0.25, 0.3) is 0 Å². The van der Waals surface area contributed by atoms with Gasteiger partial charge < -0.3 is 9.80 Å². The second-order valence-electron chi connectivity index (χ2n) is 7.26. The van der Waals surface area contributed by atoms with Gasteiger partial charge in [-0.15, -0.1) is 0 Å². The van der Waals surface area contributed by atoms with Crippen LogP contribution in [0.2, 0.25) is 0 Å². The van der Waals surface area contributed by atoms with Crippen molar-refractivity contribution in [1.82, 2.24) is 9.80 Å². The van der Waals surface area contributed by atoms with Crippen molar-refractivity contribution < 1.29 is 4.79 Å². The fraction of sp³-hybridized carbons (Fsp3) is 0.500. The molecular weight excluding hydrogens is 298 g/mol. The molecule has 24 heavy (non-hydrogen) atoms. The van der Waals surface area contributed by atoms with Crippen LogP contribution in [0.3, 0.4) is 0 Å². The molecule has 0 spiro atoms. The highest BCUT2D eigenvalue weighted by molar-refractivity contribution is 5.80. The summed E-state index contributed by atoms with van der Waals surface area (Å²) in [7, 11) is 4.05. The standard InChI is InChI=1S/C20H25N3O/c1-22(2)8-9-23(14-17-5-3-4-16(10-17)13-21)20(24)19-12-15-6-7-18(19)11-15/h3-7,10,15,18-19H,8-9,11-12,14H2,1-2H3/t15-,18-,19+/m0/s1. The Hall–Kier alpha value is -2.12. The third-order valence-corrected chi connectivity index (χ3v) is 5.15. The molecule has 0 saturated heterocycles. The normalized spacial score (nSPS) is 24.3. The average Bonchev–Trinajstić information content (AvgIpc) is 3.21. The van der Waals surface area contributed by atoms with E-state index in [9.17, 15) is 4.79 Å². The van der Waals surface area contributed by atoms with E-state index in [0.717, 1.165) is 31.5 Å². The first kappa shape index (κ1) is 16.7. The number of nitrogens with zero attached hydrogens (tertiary/aromatic N) is 3. The Morgan fingerprint density at radius 3 is 2.71 bits per heavy atom. The number of hydrogen-bond acceptors (Lipinski definition) is 3. The highest BCUT2D eigenvalue weighted by Gasteiger charge is 2.41. The van der Waals surface area contributed by atoms with Crippen LogP contribution in [-0.2, 0) is 11.3 Å². The van der Waals surface area contributed by atoms with Crippen molar-refractivity contribution in [2.24, 2.45) is 17.8 Å². The zero-order chi connectivity index (χ0) is 17.1. The molecule has 4 heteroatoms.